The SMILES string of the molecule is COC(O)c1ccccc1Nc1c(-c2ccc3nn[nH]c(=O)c3c2)c(C)nn1-c1ccccc1C. The van der Waals surface area contributed by atoms with E-state index in [4.69, 9.17) is 9.84 Å². The third-order valence-corrected chi connectivity index (χ3v) is 5.95. The molecule has 3 N–H and O–H groups in total. The van der Waals surface area contributed by atoms with Gasteiger partial charge in [0.1, 0.15) is 11.3 Å². The monoisotopic (exact) mass is 468 g/mol. The van der Waals surface area contributed by atoms with E-state index < -0.39 is 6.29 Å². The highest BCUT2D eigenvalue weighted by Crippen LogP contribution is 2.38. The van der Waals surface area contributed by atoms with Crippen LogP contribution in [0.2, 0.25) is 0 Å². The number of aliphatic hydroxyl groups excluding tert-OH is 1. The highest BCUT2D eigenvalue weighted by atomic mass is 16.6. The summed E-state index contributed by atoms with van der Waals surface area (Å²) in [6, 6.07) is 20.8. The maximum absolute atomic E-state index is 12.4. The number of hydrogen-bond donors (Lipinski definition) is 3. The second-order valence-corrected chi connectivity index (χ2v) is 8.18. The van der Waals surface area contributed by atoms with Crippen LogP contribution in [0.25, 0.3) is 27.7 Å². The minimum atomic E-state index is -1.10. The van der Waals surface area contributed by atoms with Crippen molar-refractivity contribution in [3.05, 3.63) is 93.9 Å². The third kappa shape index (κ3) is 4.07. The van der Waals surface area contributed by atoms with Crippen LogP contribution in [0.3, 0.4) is 0 Å². The molecule has 176 valence electrons. The fraction of sp³-hybridized carbons (Fsp3) is 0.154. The summed E-state index contributed by atoms with van der Waals surface area (Å²) in [6.07, 6.45) is -1.10. The number of ether oxygens (including phenoxy) is 1. The quantitative estimate of drug-likeness (QED) is 0.320. The smallest absolute Gasteiger partial charge is 0.275 e. The van der Waals surface area contributed by atoms with Crippen molar-refractivity contribution >= 4 is 22.4 Å². The van der Waals surface area contributed by atoms with E-state index in [1.165, 1.54) is 7.11 Å². The van der Waals surface area contributed by atoms with Crippen molar-refractivity contribution in [1.29, 1.82) is 0 Å². The van der Waals surface area contributed by atoms with Gasteiger partial charge in [0.15, 0.2) is 6.29 Å². The third-order valence-electron chi connectivity index (χ3n) is 5.95. The molecule has 0 aliphatic carbocycles. The van der Waals surface area contributed by atoms with Crippen LogP contribution in [0.4, 0.5) is 11.5 Å². The highest BCUT2D eigenvalue weighted by molar-refractivity contribution is 5.89. The molecule has 5 aromatic rings. The number of aromatic amines is 1. The molecule has 2 heterocycles. The minimum absolute atomic E-state index is 0.316. The molecule has 5 rings (SSSR count). The summed E-state index contributed by atoms with van der Waals surface area (Å²) in [4.78, 5) is 12.4. The summed E-state index contributed by atoms with van der Waals surface area (Å²) < 4.78 is 7.01. The Morgan fingerprint density at radius 1 is 1.06 bits per heavy atom. The van der Waals surface area contributed by atoms with Crippen molar-refractivity contribution in [2.45, 2.75) is 20.1 Å². The predicted molar refractivity (Wildman–Crippen MR) is 134 cm³/mol. The number of hydrogen-bond acceptors (Lipinski definition) is 7. The Labute approximate surface area is 201 Å². The van der Waals surface area contributed by atoms with Gasteiger partial charge < -0.3 is 15.2 Å². The van der Waals surface area contributed by atoms with Gasteiger partial charge in [-0.05, 0) is 49.2 Å². The summed E-state index contributed by atoms with van der Waals surface area (Å²) >= 11 is 0. The summed E-state index contributed by atoms with van der Waals surface area (Å²) in [5, 5.41) is 29.2. The Kier molecular flexibility index (Phi) is 5.86. The first kappa shape index (κ1) is 22.5. The number of H-pyrrole nitrogens is 1. The fourth-order valence-electron chi connectivity index (χ4n) is 4.19. The lowest BCUT2D eigenvalue weighted by atomic mass is 10.0. The van der Waals surface area contributed by atoms with Crippen molar-refractivity contribution in [3.8, 4) is 16.8 Å². The van der Waals surface area contributed by atoms with Crippen LogP contribution >= 0.6 is 0 Å². The van der Waals surface area contributed by atoms with E-state index >= 15 is 0 Å². The first-order valence-electron chi connectivity index (χ1n) is 11.1. The number of anilines is 2. The van der Waals surface area contributed by atoms with Crippen LogP contribution in [0, 0.1) is 13.8 Å². The van der Waals surface area contributed by atoms with E-state index in [9.17, 15) is 9.90 Å². The Balaban J connectivity index is 1.76. The molecule has 0 aliphatic heterocycles. The lowest BCUT2D eigenvalue weighted by Crippen LogP contribution is -2.10. The number of aromatic nitrogens is 5. The summed E-state index contributed by atoms with van der Waals surface area (Å²) in [7, 11) is 1.45. The van der Waals surface area contributed by atoms with Gasteiger partial charge in [-0.15, -0.1) is 5.10 Å². The van der Waals surface area contributed by atoms with Gasteiger partial charge in [-0.25, -0.2) is 9.78 Å². The molecule has 9 nitrogen and oxygen atoms in total. The molecule has 0 aliphatic rings. The number of methoxy groups -OCH3 is 1. The maximum Gasteiger partial charge on any atom is 0.275 e. The standard InChI is InChI=1S/C26H24N6O3/c1-15-8-4-7-11-22(15)32-24(27-20-10-6-5-9-18(20)26(34)35-3)23(16(2)30-32)17-12-13-21-19(14-17)25(33)29-31-28-21/h4-14,26-27,34H,1-3H3,(H,28,29,33). The van der Waals surface area contributed by atoms with Gasteiger partial charge in [-0.1, -0.05) is 47.7 Å². The van der Waals surface area contributed by atoms with Crippen molar-refractivity contribution in [3.63, 3.8) is 0 Å². The minimum Gasteiger partial charge on any atom is -0.364 e. The molecule has 2 aromatic heterocycles. The number of benzene rings is 3. The van der Waals surface area contributed by atoms with Crippen molar-refractivity contribution in [2.75, 3.05) is 12.4 Å². The van der Waals surface area contributed by atoms with Gasteiger partial charge >= 0.3 is 0 Å². The molecule has 35 heavy (non-hydrogen) atoms. The molecule has 9 heteroatoms. The molecule has 0 saturated carbocycles. The Bertz CT molecular complexity index is 1590. The summed E-state index contributed by atoms with van der Waals surface area (Å²) in [5.41, 5.74) is 5.75. The number of aliphatic hydroxyl groups is 1. The number of rotatable bonds is 6. The average molecular weight is 469 g/mol. The molecule has 0 radical (unpaired) electrons. The fourth-order valence-corrected chi connectivity index (χ4v) is 4.19. The Morgan fingerprint density at radius 3 is 2.63 bits per heavy atom. The van der Waals surface area contributed by atoms with Gasteiger partial charge in [0.25, 0.3) is 5.56 Å². The normalized spacial score (nSPS) is 12.1. The molecule has 0 fully saturated rings. The van der Waals surface area contributed by atoms with Crippen LogP contribution in [0.1, 0.15) is 23.1 Å². The van der Waals surface area contributed by atoms with Crippen molar-refractivity contribution in [1.82, 2.24) is 25.2 Å². The second kappa shape index (κ2) is 9.13. The molecule has 1 unspecified atom stereocenters. The van der Waals surface area contributed by atoms with Crippen LogP contribution in [-0.4, -0.2) is 37.4 Å². The second-order valence-electron chi connectivity index (χ2n) is 8.18. The van der Waals surface area contributed by atoms with Crippen molar-refractivity contribution in [2.24, 2.45) is 0 Å². The number of nitrogens with zero attached hydrogens (tertiary/aromatic N) is 4. The van der Waals surface area contributed by atoms with E-state index in [1.807, 2.05) is 67.1 Å². The van der Waals surface area contributed by atoms with Gasteiger partial charge in [-0.2, -0.15) is 5.10 Å². The zero-order chi connectivity index (χ0) is 24.5. The van der Waals surface area contributed by atoms with Gasteiger partial charge in [0.2, 0.25) is 0 Å². The first-order valence-corrected chi connectivity index (χ1v) is 11.1. The topological polar surface area (TPSA) is 118 Å². The summed E-state index contributed by atoms with van der Waals surface area (Å²) in [6.45, 7) is 3.94. The van der Waals surface area contributed by atoms with E-state index in [0.717, 1.165) is 28.1 Å². The molecular formula is C26H24N6O3. The molecule has 0 bridgehead atoms. The van der Waals surface area contributed by atoms with Gasteiger partial charge in [0.05, 0.1) is 16.8 Å². The van der Waals surface area contributed by atoms with Gasteiger partial charge in [-0.3, -0.25) is 4.79 Å². The molecular weight excluding hydrogens is 444 g/mol. The predicted octanol–water partition coefficient (Wildman–Crippen LogP) is 4.17. The lowest BCUT2D eigenvalue weighted by molar-refractivity contribution is -0.0764. The van der Waals surface area contributed by atoms with Crippen LogP contribution in [0.15, 0.2) is 71.5 Å². The lowest BCUT2D eigenvalue weighted by Gasteiger charge is -2.18. The van der Waals surface area contributed by atoms with E-state index in [2.05, 4.69) is 20.7 Å². The van der Waals surface area contributed by atoms with E-state index in [-0.39, 0.29) is 5.56 Å². The number of aryl methyl sites for hydroxylation is 2. The van der Waals surface area contributed by atoms with Crippen LogP contribution < -0.4 is 10.9 Å². The van der Waals surface area contributed by atoms with E-state index in [1.54, 1.807) is 18.2 Å². The number of para-hydroxylation sites is 2. The number of nitrogens with one attached hydrogen (secondary N) is 2. The van der Waals surface area contributed by atoms with Crippen molar-refractivity contribution < 1.29 is 9.84 Å². The highest BCUT2D eigenvalue weighted by Gasteiger charge is 2.22. The first-order chi connectivity index (χ1) is 17.0. The molecule has 3 aromatic carbocycles. The van der Waals surface area contributed by atoms with Gasteiger partial charge in [0, 0.05) is 23.9 Å². The van der Waals surface area contributed by atoms with Crippen LogP contribution in [0.5, 0.6) is 0 Å². The maximum atomic E-state index is 12.4. The summed E-state index contributed by atoms with van der Waals surface area (Å²) in [5.74, 6) is 0.686. The zero-order valence-electron chi connectivity index (χ0n) is 19.5. The molecule has 0 saturated heterocycles. The zero-order valence-corrected chi connectivity index (χ0v) is 19.5. The molecule has 0 amide bonds. The largest absolute Gasteiger partial charge is 0.364 e. The van der Waals surface area contributed by atoms with E-state index in [0.29, 0.717) is 28.0 Å². The average Bonchev–Trinajstić information content (AvgIpc) is 3.19. The molecule has 0 spiro atoms. The van der Waals surface area contributed by atoms with Crippen LogP contribution in [-0.2, 0) is 4.74 Å². The molecule has 1 atom stereocenters. The Hall–Kier alpha value is -4.34. The number of fused-ring (bicyclic) bond motifs is 1. The Morgan fingerprint density at radius 2 is 1.83 bits per heavy atom.